The van der Waals surface area contributed by atoms with Gasteiger partial charge in [-0.1, -0.05) is 18.2 Å². The molecular weight excluding hydrogens is 344 g/mol. The highest BCUT2D eigenvalue weighted by Gasteiger charge is 2.24. The van der Waals surface area contributed by atoms with E-state index in [1.807, 2.05) is 0 Å². The Morgan fingerprint density at radius 2 is 1.52 bits per heavy atom. The number of hydrogen-bond acceptors (Lipinski definition) is 5. The van der Waals surface area contributed by atoms with E-state index in [9.17, 15) is 14.4 Å². The number of ketones is 2. The number of methoxy groups -OCH3 is 1. The van der Waals surface area contributed by atoms with Crippen molar-refractivity contribution in [3.8, 4) is 11.5 Å². The topological polar surface area (TPSA) is 69.7 Å². The minimum absolute atomic E-state index is 0.210. The van der Waals surface area contributed by atoms with Gasteiger partial charge in [-0.05, 0) is 53.9 Å². The van der Waals surface area contributed by atoms with Crippen molar-refractivity contribution in [2.75, 3.05) is 7.11 Å². The van der Waals surface area contributed by atoms with Crippen LogP contribution >= 0.6 is 0 Å². The van der Waals surface area contributed by atoms with Gasteiger partial charge in [-0.25, -0.2) is 4.79 Å². The van der Waals surface area contributed by atoms with Crippen molar-refractivity contribution in [2.45, 2.75) is 0 Å². The fourth-order valence-electron chi connectivity index (χ4n) is 3.15. The van der Waals surface area contributed by atoms with E-state index in [0.29, 0.717) is 33.2 Å². The van der Waals surface area contributed by atoms with Crippen LogP contribution in [0.2, 0.25) is 0 Å². The van der Waals surface area contributed by atoms with E-state index in [-0.39, 0.29) is 17.3 Å². The molecule has 0 amide bonds. The number of rotatable bonds is 3. The third-order valence-corrected chi connectivity index (χ3v) is 4.44. The Hall–Kier alpha value is -3.73. The van der Waals surface area contributed by atoms with Crippen LogP contribution in [0.1, 0.15) is 31.1 Å². The van der Waals surface area contributed by atoms with E-state index in [4.69, 9.17) is 9.47 Å². The van der Waals surface area contributed by atoms with Crippen LogP contribution in [0.3, 0.4) is 0 Å². The number of carbonyl (C=O) groups is 3. The van der Waals surface area contributed by atoms with Crippen molar-refractivity contribution < 1.29 is 23.9 Å². The quantitative estimate of drug-likeness (QED) is 0.523. The maximum atomic E-state index is 12.5. The van der Waals surface area contributed by atoms with Crippen LogP contribution in [0.5, 0.6) is 11.5 Å². The molecule has 1 aliphatic carbocycles. The van der Waals surface area contributed by atoms with Crippen molar-refractivity contribution in [3.05, 3.63) is 83.4 Å². The van der Waals surface area contributed by atoms with E-state index in [2.05, 4.69) is 0 Å². The highest BCUT2D eigenvalue weighted by molar-refractivity contribution is 6.27. The van der Waals surface area contributed by atoms with Gasteiger partial charge in [-0.3, -0.25) is 9.59 Å². The molecule has 0 bridgehead atoms. The minimum Gasteiger partial charge on any atom is -0.493 e. The molecule has 1 aliphatic rings. The fraction of sp³-hybridized carbons (Fsp3) is 0.0455. The van der Waals surface area contributed by atoms with Crippen molar-refractivity contribution in [2.24, 2.45) is 0 Å². The zero-order valence-corrected chi connectivity index (χ0v) is 14.4. The number of carbonyl (C=O) groups excluding carboxylic acids is 3. The summed E-state index contributed by atoms with van der Waals surface area (Å²) in [6, 6.07) is 15.1. The van der Waals surface area contributed by atoms with Crippen molar-refractivity contribution >= 4 is 28.3 Å². The second-order valence-electron chi connectivity index (χ2n) is 6.00. The largest absolute Gasteiger partial charge is 0.493 e. The number of benzene rings is 3. The summed E-state index contributed by atoms with van der Waals surface area (Å²) in [7, 11) is 1.47. The maximum absolute atomic E-state index is 12.5. The monoisotopic (exact) mass is 358 g/mol. The Morgan fingerprint density at radius 1 is 0.815 bits per heavy atom. The van der Waals surface area contributed by atoms with E-state index in [0.717, 1.165) is 0 Å². The molecule has 4 rings (SSSR count). The Bertz CT molecular complexity index is 1130. The van der Waals surface area contributed by atoms with Crippen LogP contribution in [0.15, 0.2) is 66.7 Å². The summed E-state index contributed by atoms with van der Waals surface area (Å²) in [5, 5.41) is 1.06. The van der Waals surface area contributed by atoms with Crippen molar-refractivity contribution in [1.82, 2.24) is 0 Å². The van der Waals surface area contributed by atoms with Gasteiger partial charge in [-0.15, -0.1) is 0 Å². The lowest BCUT2D eigenvalue weighted by atomic mass is 9.89. The van der Waals surface area contributed by atoms with Gasteiger partial charge in [-0.2, -0.15) is 0 Å². The lowest BCUT2D eigenvalue weighted by Gasteiger charge is -2.16. The highest BCUT2D eigenvalue weighted by Crippen LogP contribution is 2.39. The Balaban J connectivity index is 1.90. The van der Waals surface area contributed by atoms with Crippen LogP contribution < -0.4 is 9.47 Å². The van der Waals surface area contributed by atoms with Gasteiger partial charge in [0, 0.05) is 16.5 Å². The molecular formula is C22H14O5. The normalized spacial score (nSPS) is 12.8. The van der Waals surface area contributed by atoms with E-state index in [1.165, 1.54) is 19.3 Å². The smallest absolute Gasteiger partial charge is 0.343 e. The summed E-state index contributed by atoms with van der Waals surface area (Å²) < 4.78 is 10.9. The van der Waals surface area contributed by atoms with Crippen molar-refractivity contribution in [1.29, 1.82) is 0 Å². The zero-order valence-electron chi connectivity index (χ0n) is 14.4. The average Bonchev–Trinajstić information content (AvgIpc) is 2.71. The Kier molecular flexibility index (Phi) is 4.05. The van der Waals surface area contributed by atoms with Crippen LogP contribution in [-0.2, 0) is 0 Å². The third kappa shape index (κ3) is 2.79. The molecule has 0 aliphatic heterocycles. The SMILES string of the molecule is COc1ccc2c3c(ccc2c1OC(=O)c1ccccc1)C(=O)C=CC3=O. The number of hydrogen-bond donors (Lipinski definition) is 0. The summed E-state index contributed by atoms with van der Waals surface area (Å²) in [6.45, 7) is 0. The molecule has 3 aromatic rings. The molecule has 0 saturated carbocycles. The van der Waals surface area contributed by atoms with Gasteiger partial charge in [0.2, 0.25) is 0 Å². The molecule has 0 fully saturated rings. The van der Waals surface area contributed by atoms with Gasteiger partial charge >= 0.3 is 5.97 Å². The summed E-state index contributed by atoms with van der Waals surface area (Å²) in [5.41, 5.74) is 1.03. The lowest BCUT2D eigenvalue weighted by molar-refractivity contribution is 0.0732. The molecule has 0 spiro atoms. The summed E-state index contributed by atoms with van der Waals surface area (Å²) >= 11 is 0. The van der Waals surface area contributed by atoms with Crippen LogP contribution in [0, 0.1) is 0 Å². The molecule has 3 aromatic carbocycles. The molecule has 0 N–H and O–H groups in total. The summed E-state index contributed by atoms with van der Waals surface area (Å²) in [4.78, 5) is 37.0. The first-order chi connectivity index (χ1) is 13.1. The van der Waals surface area contributed by atoms with Gasteiger partial charge in [0.25, 0.3) is 0 Å². The molecule has 27 heavy (non-hydrogen) atoms. The minimum atomic E-state index is -0.540. The maximum Gasteiger partial charge on any atom is 0.343 e. The number of ether oxygens (including phenoxy) is 2. The standard InChI is InChI=1S/C22H14O5/c1-26-19-12-9-14-15(7-8-16-17(23)10-11-18(24)20(14)16)21(19)27-22(25)13-5-3-2-4-6-13/h2-12H,1H3. The number of esters is 1. The summed E-state index contributed by atoms with van der Waals surface area (Å²) in [6.07, 6.45) is 2.51. The highest BCUT2D eigenvalue weighted by atomic mass is 16.6. The average molecular weight is 358 g/mol. The van der Waals surface area contributed by atoms with E-state index >= 15 is 0 Å². The third-order valence-electron chi connectivity index (χ3n) is 4.44. The number of fused-ring (bicyclic) bond motifs is 3. The van der Waals surface area contributed by atoms with Gasteiger partial charge in [0.1, 0.15) is 0 Å². The first-order valence-electron chi connectivity index (χ1n) is 8.28. The predicted molar refractivity (Wildman–Crippen MR) is 99.7 cm³/mol. The molecule has 132 valence electrons. The molecule has 0 unspecified atom stereocenters. The first-order valence-corrected chi connectivity index (χ1v) is 8.28. The second kappa shape index (κ2) is 6.53. The van der Waals surface area contributed by atoms with Gasteiger partial charge < -0.3 is 9.47 Å². The fourth-order valence-corrected chi connectivity index (χ4v) is 3.15. The Morgan fingerprint density at radius 3 is 2.26 bits per heavy atom. The number of allylic oxidation sites excluding steroid dienone is 2. The van der Waals surface area contributed by atoms with Crippen LogP contribution in [0.4, 0.5) is 0 Å². The van der Waals surface area contributed by atoms with E-state index < -0.39 is 5.97 Å². The molecule has 0 atom stereocenters. The summed E-state index contributed by atoms with van der Waals surface area (Å²) in [5.74, 6) is -0.467. The second-order valence-corrected chi connectivity index (χ2v) is 6.00. The lowest BCUT2D eigenvalue weighted by Crippen LogP contribution is -2.13. The van der Waals surface area contributed by atoms with Gasteiger partial charge in [0.15, 0.2) is 23.1 Å². The molecule has 5 heteroatoms. The van der Waals surface area contributed by atoms with E-state index in [1.54, 1.807) is 54.6 Å². The van der Waals surface area contributed by atoms with Gasteiger partial charge in [0.05, 0.1) is 12.7 Å². The van der Waals surface area contributed by atoms with Crippen molar-refractivity contribution in [3.63, 3.8) is 0 Å². The molecule has 0 radical (unpaired) electrons. The molecule has 0 heterocycles. The predicted octanol–water partition coefficient (Wildman–Crippen LogP) is 4.00. The Labute approximate surface area is 154 Å². The molecule has 5 nitrogen and oxygen atoms in total. The van der Waals surface area contributed by atoms with Crippen LogP contribution in [-0.4, -0.2) is 24.6 Å². The molecule has 0 aromatic heterocycles. The zero-order chi connectivity index (χ0) is 19.0. The first kappa shape index (κ1) is 16.7. The van der Waals surface area contributed by atoms with Crippen LogP contribution in [0.25, 0.3) is 10.8 Å². The molecule has 0 saturated heterocycles.